The number of benzene rings is 1. The molecule has 1 aromatic carbocycles. The number of hydrogen-bond acceptors (Lipinski definition) is 2. The Hall–Kier alpha value is -0.610. The Morgan fingerprint density at radius 3 is 2.79 bits per heavy atom. The second-order valence-corrected chi connectivity index (χ2v) is 4.75. The number of nitrogen functional groups attached to an aromatic ring is 1. The van der Waals surface area contributed by atoms with Crippen molar-refractivity contribution < 1.29 is 8.60 Å². The first-order valence-electron chi connectivity index (χ1n) is 4.14. The summed E-state index contributed by atoms with van der Waals surface area (Å²) in [5.41, 5.74) is 5.95. The molecule has 5 heteroatoms. The van der Waals surface area contributed by atoms with E-state index in [1.54, 1.807) is 18.2 Å². The lowest BCUT2D eigenvalue weighted by molar-refractivity contribution is 0.488. The predicted molar refractivity (Wildman–Crippen MR) is 57.7 cm³/mol. The summed E-state index contributed by atoms with van der Waals surface area (Å²) in [6, 6.07) is 4.81. The highest BCUT2D eigenvalue weighted by Crippen LogP contribution is 2.21. The summed E-state index contributed by atoms with van der Waals surface area (Å²) in [5.74, 6) is 0.316. The van der Waals surface area contributed by atoms with Crippen LogP contribution in [0, 0.1) is 0 Å². The van der Waals surface area contributed by atoms with Gasteiger partial charge < -0.3 is 5.73 Å². The van der Waals surface area contributed by atoms with Crippen molar-refractivity contribution in [1.29, 1.82) is 0 Å². The third kappa shape index (κ3) is 2.96. The van der Waals surface area contributed by atoms with E-state index in [2.05, 4.69) is 0 Å². The number of hydrogen-bond donors (Lipinski definition) is 1. The molecule has 0 saturated heterocycles. The van der Waals surface area contributed by atoms with Gasteiger partial charge in [-0.05, 0) is 24.6 Å². The van der Waals surface area contributed by atoms with Crippen LogP contribution >= 0.6 is 11.6 Å². The monoisotopic (exact) mass is 235 g/mol. The standard InChI is InChI=1S/C9H11ClFNOS/c10-8-6-7(2-3-9(8)12)14(13)5-1-4-11/h2-3,6H,1,4-5,12H2. The fourth-order valence-corrected chi connectivity index (χ4v) is 2.27. The Balaban J connectivity index is 2.76. The number of anilines is 1. The number of halogens is 2. The van der Waals surface area contributed by atoms with Crippen LogP contribution in [-0.4, -0.2) is 16.6 Å². The molecule has 0 spiro atoms. The Morgan fingerprint density at radius 2 is 2.21 bits per heavy atom. The quantitative estimate of drug-likeness (QED) is 0.815. The van der Waals surface area contributed by atoms with Crippen LogP contribution < -0.4 is 5.73 Å². The van der Waals surface area contributed by atoms with Crippen LogP contribution in [0.4, 0.5) is 10.1 Å². The van der Waals surface area contributed by atoms with Gasteiger partial charge in [-0.3, -0.25) is 8.60 Å². The van der Waals surface area contributed by atoms with E-state index in [4.69, 9.17) is 17.3 Å². The van der Waals surface area contributed by atoms with E-state index in [1.807, 2.05) is 0 Å². The average molecular weight is 236 g/mol. The van der Waals surface area contributed by atoms with Gasteiger partial charge in [0.05, 0.1) is 28.2 Å². The van der Waals surface area contributed by atoms with Crippen molar-refractivity contribution in [3.63, 3.8) is 0 Å². The van der Waals surface area contributed by atoms with E-state index in [0.717, 1.165) is 0 Å². The minimum absolute atomic E-state index is 0.300. The van der Waals surface area contributed by atoms with Crippen LogP contribution in [0.5, 0.6) is 0 Å². The van der Waals surface area contributed by atoms with Crippen molar-refractivity contribution >= 4 is 28.1 Å². The maximum absolute atomic E-state index is 11.8. The van der Waals surface area contributed by atoms with Crippen LogP contribution in [0.2, 0.25) is 5.02 Å². The van der Waals surface area contributed by atoms with Crippen molar-refractivity contribution in [2.45, 2.75) is 11.3 Å². The largest absolute Gasteiger partial charge is 0.398 e. The summed E-state index contributed by atoms with van der Waals surface area (Å²) in [6.07, 6.45) is 0.300. The van der Waals surface area contributed by atoms with Crippen LogP contribution in [0.25, 0.3) is 0 Å². The lowest BCUT2D eigenvalue weighted by Gasteiger charge is -2.03. The zero-order valence-electron chi connectivity index (χ0n) is 7.50. The second-order valence-electron chi connectivity index (χ2n) is 2.78. The van der Waals surface area contributed by atoms with E-state index in [1.165, 1.54) is 0 Å². The molecule has 1 atom stereocenters. The number of rotatable bonds is 4. The normalized spacial score (nSPS) is 12.7. The Kier molecular flexibility index (Phi) is 4.35. The van der Waals surface area contributed by atoms with E-state index < -0.39 is 17.5 Å². The maximum atomic E-state index is 11.8. The van der Waals surface area contributed by atoms with Crippen molar-refractivity contribution in [1.82, 2.24) is 0 Å². The molecule has 0 amide bonds. The minimum atomic E-state index is -1.18. The van der Waals surface area contributed by atoms with Gasteiger partial charge in [0.25, 0.3) is 0 Å². The van der Waals surface area contributed by atoms with Crippen LogP contribution in [-0.2, 0) is 10.8 Å². The molecule has 1 aromatic rings. The first-order chi connectivity index (χ1) is 6.65. The molecule has 78 valence electrons. The topological polar surface area (TPSA) is 43.1 Å². The number of nitrogens with two attached hydrogens (primary N) is 1. The molecule has 2 nitrogen and oxygen atoms in total. The lowest BCUT2D eigenvalue weighted by atomic mass is 10.3. The summed E-state index contributed by atoms with van der Waals surface area (Å²) < 4.78 is 23.3. The van der Waals surface area contributed by atoms with Gasteiger partial charge in [0.1, 0.15) is 0 Å². The summed E-state index contributed by atoms with van der Waals surface area (Å²) in [4.78, 5) is 0.595. The predicted octanol–water partition coefficient (Wildman–Crippen LogP) is 2.39. The number of alkyl halides is 1. The minimum Gasteiger partial charge on any atom is -0.398 e. The molecular formula is C9H11ClFNOS. The van der Waals surface area contributed by atoms with Crippen LogP contribution in [0.1, 0.15) is 6.42 Å². The summed E-state index contributed by atoms with van der Waals surface area (Å²) in [5, 5.41) is 0.385. The molecule has 0 aliphatic heterocycles. The zero-order chi connectivity index (χ0) is 10.6. The molecule has 2 N–H and O–H groups in total. The van der Waals surface area contributed by atoms with Gasteiger partial charge in [0, 0.05) is 10.6 Å². The zero-order valence-corrected chi connectivity index (χ0v) is 9.08. The van der Waals surface area contributed by atoms with Gasteiger partial charge in [-0.25, -0.2) is 0 Å². The fourth-order valence-electron chi connectivity index (χ4n) is 0.953. The molecule has 1 unspecified atom stereocenters. The molecule has 0 fully saturated rings. The SMILES string of the molecule is Nc1ccc(S(=O)CCCF)cc1Cl. The van der Waals surface area contributed by atoms with Gasteiger partial charge in [-0.15, -0.1) is 0 Å². The highest BCUT2D eigenvalue weighted by atomic mass is 35.5. The van der Waals surface area contributed by atoms with Crippen LogP contribution in [0.3, 0.4) is 0 Å². The molecular weight excluding hydrogens is 225 g/mol. The molecule has 0 heterocycles. The average Bonchev–Trinajstić information content (AvgIpc) is 2.18. The van der Waals surface area contributed by atoms with Crippen LogP contribution in [0.15, 0.2) is 23.1 Å². The van der Waals surface area contributed by atoms with Gasteiger partial charge in [0.15, 0.2) is 0 Å². The van der Waals surface area contributed by atoms with Gasteiger partial charge in [-0.1, -0.05) is 11.6 Å². The molecule has 0 radical (unpaired) electrons. The second kappa shape index (κ2) is 5.32. The molecule has 0 aliphatic rings. The maximum Gasteiger partial charge on any atom is 0.0903 e. The van der Waals surface area contributed by atoms with E-state index in [-0.39, 0.29) is 0 Å². The van der Waals surface area contributed by atoms with Crippen molar-refractivity contribution in [2.24, 2.45) is 0 Å². The van der Waals surface area contributed by atoms with E-state index in [0.29, 0.717) is 27.8 Å². The fraction of sp³-hybridized carbons (Fsp3) is 0.333. The Morgan fingerprint density at radius 1 is 1.50 bits per heavy atom. The van der Waals surface area contributed by atoms with Gasteiger partial charge in [0.2, 0.25) is 0 Å². The first kappa shape index (κ1) is 11.5. The Labute approximate surface area is 89.7 Å². The third-order valence-electron chi connectivity index (χ3n) is 1.70. The summed E-state index contributed by atoms with van der Waals surface area (Å²) in [6.45, 7) is -0.450. The van der Waals surface area contributed by atoms with E-state index >= 15 is 0 Å². The lowest BCUT2D eigenvalue weighted by Crippen LogP contribution is -1.99. The first-order valence-corrected chi connectivity index (χ1v) is 5.84. The third-order valence-corrected chi connectivity index (χ3v) is 3.46. The molecule has 0 aliphatic carbocycles. The molecule has 0 aromatic heterocycles. The molecule has 14 heavy (non-hydrogen) atoms. The van der Waals surface area contributed by atoms with Crippen molar-refractivity contribution in [3.05, 3.63) is 23.2 Å². The van der Waals surface area contributed by atoms with E-state index in [9.17, 15) is 8.60 Å². The molecule has 1 rings (SSSR count). The molecule has 0 bridgehead atoms. The summed E-state index contributed by atoms with van der Waals surface area (Å²) >= 11 is 5.76. The smallest absolute Gasteiger partial charge is 0.0903 e. The Bertz CT molecular complexity index is 346. The van der Waals surface area contributed by atoms with Crippen molar-refractivity contribution in [2.75, 3.05) is 18.2 Å². The molecule has 0 saturated carbocycles. The van der Waals surface area contributed by atoms with Crippen molar-refractivity contribution in [3.8, 4) is 0 Å². The highest BCUT2D eigenvalue weighted by Gasteiger charge is 2.05. The van der Waals surface area contributed by atoms with Gasteiger partial charge >= 0.3 is 0 Å². The van der Waals surface area contributed by atoms with Gasteiger partial charge in [-0.2, -0.15) is 0 Å². The highest BCUT2D eigenvalue weighted by molar-refractivity contribution is 7.85. The summed E-state index contributed by atoms with van der Waals surface area (Å²) in [7, 11) is -1.18.